The van der Waals surface area contributed by atoms with E-state index in [0.29, 0.717) is 5.92 Å². The molecular weight excluding hydrogens is 372 g/mol. The van der Waals surface area contributed by atoms with Crippen molar-refractivity contribution < 1.29 is 4.74 Å². The second-order valence-electron chi connectivity index (χ2n) is 8.55. The Balaban J connectivity index is 1.55. The van der Waals surface area contributed by atoms with Crippen molar-refractivity contribution in [1.29, 1.82) is 0 Å². The van der Waals surface area contributed by atoms with Crippen LogP contribution in [0.3, 0.4) is 0 Å². The van der Waals surface area contributed by atoms with Crippen molar-refractivity contribution in [3.05, 3.63) is 70.9 Å². The number of fused-ring (bicyclic) bond motifs is 2. The van der Waals surface area contributed by atoms with E-state index in [0.717, 1.165) is 55.4 Å². The molecule has 0 bridgehead atoms. The molecule has 0 saturated heterocycles. The summed E-state index contributed by atoms with van der Waals surface area (Å²) in [5.41, 5.74) is 8.30. The number of ether oxygens (including phenoxy) is 1. The molecule has 0 fully saturated rings. The summed E-state index contributed by atoms with van der Waals surface area (Å²) in [5, 5.41) is 8.62. The minimum Gasteiger partial charge on any atom is -0.490 e. The SMILES string of the molecule is Cc1ccc(-c2ccc3c(c2)CN(C)CCC3c2ccc3c(c2)OCCN3C)nn1. The Morgan fingerprint density at radius 2 is 1.87 bits per heavy atom. The topological polar surface area (TPSA) is 41.5 Å². The zero-order valence-electron chi connectivity index (χ0n) is 17.9. The Kier molecular flexibility index (Phi) is 4.91. The van der Waals surface area contributed by atoms with Crippen LogP contribution in [0.1, 0.15) is 34.7 Å². The first-order valence-electron chi connectivity index (χ1n) is 10.7. The number of hydrogen-bond acceptors (Lipinski definition) is 5. The first-order chi connectivity index (χ1) is 14.6. The summed E-state index contributed by atoms with van der Waals surface area (Å²) in [4.78, 5) is 4.68. The summed E-state index contributed by atoms with van der Waals surface area (Å²) < 4.78 is 5.98. The van der Waals surface area contributed by atoms with Crippen molar-refractivity contribution in [2.45, 2.75) is 25.8 Å². The van der Waals surface area contributed by atoms with Crippen LogP contribution >= 0.6 is 0 Å². The molecule has 0 saturated carbocycles. The van der Waals surface area contributed by atoms with Crippen LogP contribution in [0.25, 0.3) is 11.3 Å². The third kappa shape index (κ3) is 3.54. The van der Waals surface area contributed by atoms with Crippen LogP contribution < -0.4 is 9.64 Å². The van der Waals surface area contributed by atoms with E-state index < -0.39 is 0 Å². The third-order valence-electron chi connectivity index (χ3n) is 6.33. The van der Waals surface area contributed by atoms with E-state index in [4.69, 9.17) is 4.74 Å². The van der Waals surface area contributed by atoms with Gasteiger partial charge in [-0.3, -0.25) is 0 Å². The van der Waals surface area contributed by atoms with Gasteiger partial charge >= 0.3 is 0 Å². The lowest BCUT2D eigenvalue weighted by atomic mass is 9.85. The van der Waals surface area contributed by atoms with Gasteiger partial charge in [0.15, 0.2) is 0 Å². The lowest BCUT2D eigenvalue weighted by Gasteiger charge is -2.29. The molecule has 1 unspecified atom stereocenters. The molecule has 0 N–H and O–H groups in total. The Morgan fingerprint density at radius 3 is 2.70 bits per heavy atom. The molecule has 2 aromatic carbocycles. The maximum Gasteiger partial charge on any atom is 0.142 e. The van der Waals surface area contributed by atoms with Gasteiger partial charge in [0.05, 0.1) is 23.6 Å². The van der Waals surface area contributed by atoms with Gasteiger partial charge in [-0.1, -0.05) is 18.2 Å². The van der Waals surface area contributed by atoms with E-state index in [1.807, 2.05) is 13.0 Å². The Labute approximate surface area is 178 Å². The molecule has 5 heteroatoms. The summed E-state index contributed by atoms with van der Waals surface area (Å²) in [6, 6.07) is 17.6. The normalized spacial score (nSPS) is 18.9. The number of rotatable bonds is 2. The predicted octanol–water partition coefficient (Wildman–Crippen LogP) is 4.25. The van der Waals surface area contributed by atoms with Gasteiger partial charge in [-0.15, -0.1) is 0 Å². The first-order valence-corrected chi connectivity index (χ1v) is 10.7. The van der Waals surface area contributed by atoms with E-state index in [9.17, 15) is 0 Å². The van der Waals surface area contributed by atoms with Crippen LogP contribution in [0.4, 0.5) is 5.69 Å². The second kappa shape index (κ2) is 7.73. The van der Waals surface area contributed by atoms with Crippen LogP contribution in [0.15, 0.2) is 48.5 Å². The van der Waals surface area contributed by atoms with Gasteiger partial charge < -0.3 is 14.5 Å². The third-order valence-corrected chi connectivity index (χ3v) is 6.33. The van der Waals surface area contributed by atoms with E-state index in [1.165, 1.54) is 22.4 Å². The quantitative estimate of drug-likeness (QED) is 0.643. The zero-order valence-corrected chi connectivity index (χ0v) is 17.9. The molecule has 0 spiro atoms. The van der Waals surface area contributed by atoms with Crippen molar-refractivity contribution >= 4 is 5.69 Å². The summed E-state index contributed by atoms with van der Waals surface area (Å²) in [7, 11) is 4.34. The molecular formula is C25H28N4O. The standard InChI is InChI=1S/C25H28N4O/c1-17-4-8-23(27-26-17)19-5-7-21-20(14-19)16-28(2)11-10-22(21)18-6-9-24-25(15-18)30-13-12-29(24)3/h4-9,14-15,22H,10-13,16H2,1-3H3. The van der Waals surface area contributed by atoms with Crippen LogP contribution in [-0.4, -0.2) is 48.9 Å². The van der Waals surface area contributed by atoms with Crippen molar-refractivity contribution in [1.82, 2.24) is 15.1 Å². The molecule has 1 aromatic heterocycles. The molecule has 3 heterocycles. The van der Waals surface area contributed by atoms with E-state index in [1.54, 1.807) is 0 Å². The maximum absolute atomic E-state index is 5.98. The number of aryl methyl sites for hydroxylation is 1. The number of likely N-dealkylation sites (N-methyl/N-ethyl adjacent to an activating group) is 1. The molecule has 0 amide bonds. The van der Waals surface area contributed by atoms with Crippen molar-refractivity contribution in [2.24, 2.45) is 0 Å². The average molecular weight is 401 g/mol. The van der Waals surface area contributed by atoms with Crippen LogP contribution in [0.2, 0.25) is 0 Å². The van der Waals surface area contributed by atoms with E-state index >= 15 is 0 Å². The van der Waals surface area contributed by atoms with E-state index in [2.05, 4.69) is 76.6 Å². The molecule has 30 heavy (non-hydrogen) atoms. The van der Waals surface area contributed by atoms with Crippen molar-refractivity contribution in [3.8, 4) is 17.0 Å². The van der Waals surface area contributed by atoms with Crippen molar-refractivity contribution in [3.63, 3.8) is 0 Å². The van der Waals surface area contributed by atoms with Crippen LogP contribution in [0.5, 0.6) is 5.75 Å². The fourth-order valence-corrected chi connectivity index (χ4v) is 4.61. The highest BCUT2D eigenvalue weighted by Gasteiger charge is 2.25. The highest BCUT2D eigenvalue weighted by atomic mass is 16.5. The zero-order chi connectivity index (χ0) is 20.7. The van der Waals surface area contributed by atoms with Gasteiger partial charge in [0, 0.05) is 25.1 Å². The number of anilines is 1. The number of hydrogen-bond donors (Lipinski definition) is 0. The summed E-state index contributed by atoms with van der Waals surface area (Å²) in [6.45, 7) is 5.67. The summed E-state index contributed by atoms with van der Waals surface area (Å²) >= 11 is 0. The number of aromatic nitrogens is 2. The monoisotopic (exact) mass is 400 g/mol. The fraction of sp³-hybridized carbons (Fsp3) is 0.360. The lowest BCUT2D eigenvalue weighted by Crippen LogP contribution is -2.28. The Bertz CT molecular complexity index is 1060. The van der Waals surface area contributed by atoms with Gasteiger partial charge in [-0.05, 0) is 74.0 Å². The molecule has 5 nitrogen and oxygen atoms in total. The fourth-order valence-electron chi connectivity index (χ4n) is 4.61. The van der Waals surface area contributed by atoms with Crippen LogP contribution in [0, 0.1) is 6.92 Å². The van der Waals surface area contributed by atoms with Gasteiger partial charge in [-0.25, -0.2) is 0 Å². The van der Waals surface area contributed by atoms with E-state index in [-0.39, 0.29) is 0 Å². The lowest BCUT2D eigenvalue weighted by molar-refractivity contribution is 0.310. The minimum atomic E-state index is 0.365. The maximum atomic E-state index is 5.98. The molecule has 5 rings (SSSR count). The molecule has 2 aliphatic heterocycles. The Hall–Kier alpha value is -2.92. The summed E-state index contributed by atoms with van der Waals surface area (Å²) in [6.07, 6.45) is 1.10. The molecule has 0 aliphatic carbocycles. The minimum absolute atomic E-state index is 0.365. The predicted molar refractivity (Wildman–Crippen MR) is 120 cm³/mol. The molecule has 3 aromatic rings. The van der Waals surface area contributed by atoms with Gasteiger partial charge in [-0.2, -0.15) is 10.2 Å². The first kappa shape index (κ1) is 19.1. The van der Waals surface area contributed by atoms with Gasteiger partial charge in [0.25, 0.3) is 0 Å². The summed E-state index contributed by atoms with van der Waals surface area (Å²) in [5.74, 6) is 1.37. The van der Waals surface area contributed by atoms with Crippen molar-refractivity contribution in [2.75, 3.05) is 38.7 Å². The second-order valence-corrected chi connectivity index (χ2v) is 8.55. The molecule has 2 aliphatic rings. The Morgan fingerprint density at radius 1 is 0.967 bits per heavy atom. The average Bonchev–Trinajstić information content (AvgIpc) is 2.92. The number of nitrogens with zero attached hydrogens (tertiary/aromatic N) is 4. The largest absolute Gasteiger partial charge is 0.490 e. The highest BCUT2D eigenvalue weighted by molar-refractivity contribution is 5.63. The van der Waals surface area contributed by atoms with Gasteiger partial charge in [0.1, 0.15) is 12.4 Å². The van der Waals surface area contributed by atoms with Crippen LogP contribution in [-0.2, 0) is 6.54 Å². The molecule has 1 atom stereocenters. The number of benzene rings is 2. The van der Waals surface area contributed by atoms with Gasteiger partial charge in [0.2, 0.25) is 0 Å². The molecule has 0 radical (unpaired) electrons. The molecule has 154 valence electrons. The smallest absolute Gasteiger partial charge is 0.142 e. The highest BCUT2D eigenvalue weighted by Crippen LogP contribution is 2.39.